The van der Waals surface area contributed by atoms with Crippen molar-refractivity contribution in [3.63, 3.8) is 0 Å². The topological polar surface area (TPSA) is 138 Å². The van der Waals surface area contributed by atoms with Gasteiger partial charge >= 0.3 is 0 Å². The molecular formula is C20H29N9O2S. The number of hydrogen-bond donors (Lipinski definition) is 2. The first kappa shape index (κ1) is 21.1. The lowest BCUT2D eigenvalue weighted by atomic mass is 9.87. The fourth-order valence-electron chi connectivity index (χ4n) is 4.98. The number of fused-ring (bicyclic) bond motifs is 1. The van der Waals surface area contributed by atoms with E-state index in [-0.39, 0.29) is 17.8 Å². The highest BCUT2D eigenvalue weighted by Gasteiger charge is 2.35. The largest absolute Gasteiger partial charge is 0.367 e. The van der Waals surface area contributed by atoms with Crippen molar-refractivity contribution in [2.75, 3.05) is 43.1 Å². The third-order valence-corrected chi connectivity index (χ3v) is 7.89. The van der Waals surface area contributed by atoms with Gasteiger partial charge in [0.1, 0.15) is 17.2 Å². The average molecular weight is 460 g/mol. The van der Waals surface area contributed by atoms with Crippen LogP contribution in [0.2, 0.25) is 0 Å². The van der Waals surface area contributed by atoms with Crippen LogP contribution < -0.4 is 10.6 Å². The number of hydrogen-bond acceptors (Lipinski definition) is 8. The number of anilines is 2. The van der Waals surface area contributed by atoms with Gasteiger partial charge in [-0.05, 0) is 31.6 Å². The number of aromatic nitrogens is 6. The lowest BCUT2D eigenvalue weighted by molar-refractivity contribution is 0.241. The molecule has 0 spiro atoms. The highest BCUT2D eigenvalue weighted by atomic mass is 32.2. The fourth-order valence-corrected chi connectivity index (χ4v) is 5.93. The van der Waals surface area contributed by atoms with E-state index in [4.69, 9.17) is 10.7 Å². The highest BCUT2D eigenvalue weighted by Crippen LogP contribution is 2.39. The predicted octanol–water partition coefficient (Wildman–Crippen LogP) is 1.47. The molecule has 0 amide bonds. The van der Waals surface area contributed by atoms with Crippen molar-refractivity contribution in [1.82, 2.24) is 34.1 Å². The predicted molar refractivity (Wildman–Crippen MR) is 122 cm³/mol. The Morgan fingerprint density at radius 1 is 1.16 bits per heavy atom. The maximum absolute atomic E-state index is 12.1. The number of nitrogens with one attached hydrogen (secondary N) is 1. The van der Waals surface area contributed by atoms with Crippen molar-refractivity contribution in [2.24, 2.45) is 5.92 Å². The summed E-state index contributed by atoms with van der Waals surface area (Å²) in [5.41, 5.74) is 9.40. The zero-order chi connectivity index (χ0) is 22.5. The summed E-state index contributed by atoms with van der Waals surface area (Å²) in [6, 6.07) is 0. The van der Waals surface area contributed by atoms with E-state index in [2.05, 4.69) is 32.1 Å². The molecule has 2 atom stereocenters. The molecular weight excluding hydrogens is 430 g/mol. The number of rotatable bonds is 4. The summed E-state index contributed by atoms with van der Waals surface area (Å²) < 4.78 is 27.5. The lowest BCUT2D eigenvalue weighted by Gasteiger charge is -2.36. The van der Waals surface area contributed by atoms with E-state index in [0.29, 0.717) is 25.2 Å². The molecule has 0 bridgehead atoms. The van der Waals surface area contributed by atoms with Gasteiger partial charge in [0.15, 0.2) is 5.65 Å². The Labute approximate surface area is 187 Å². The van der Waals surface area contributed by atoms with Crippen LogP contribution in [0.3, 0.4) is 0 Å². The van der Waals surface area contributed by atoms with Gasteiger partial charge in [0.2, 0.25) is 16.0 Å². The summed E-state index contributed by atoms with van der Waals surface area (Å²) in [7, 11) is -3.23. The molecule has 2 aliphatic rings. The molecule has 32 heavy (non-hydrogen) atoms. The molecule has 2 saturated heterocycles. The summed E-state index contributed by atoms with van der Waals surface area (Å²) in [5, 5.41) is 11.5. The molecule has 0 aliphatic carbocycles. The van der Waals surface area contributed by atoms with E-state index in [1.165, 1.54) is 12.7 Å². The molecule has 2 aliphatic heterocycles. The Morgan fingerprint density at radius 3 is 2.59 bits per heavy atom. The van der Waals surface area contributed by atoms with Gasteiger partial charge in [0.25, 0.3) is 0 Å². The molecule has 0 aromatic carbocycles. The molecule has 0 radical (unpaired) electrons. The third-order valence-electron chi connectivity index (χ3n) is 6.62. The van der Waals surface area contributed by atoms with Crippen LogP contribution in [-0.4, -0.2) is 74.9 Å². The minimum absolute atomic E-state index is 0.0256. The van der Waals surface area contributed by atoms with Crippen molar-refractivity contribution in [3.05, 3.63) is 18.2 Å². The molecule has 3 aromatic heterocycles. The van der Waals surface area contributed by atoms with Crippen LogP contribution in [0.1, 0.15) is 44.3 Å². The molecule has 5 rings (SSSR count). The number of aromatic amines is 1. The highest BCUT2D eigenvalue weighted by molar-refractivity contribution is 7.88. The van der Waals surface area contributed by atoms with Crippen molar-refractivity contribution in [1.29, 1.82) is 0 Å². The summed E-state index contributed by atoms with van der Waals surface area (Å²) in [6.45, 7) is 4.82. The number of sulfonamides is 1. The molecule has 2 fully saturated rings. The van der Waals surface area contributed by atoms with Crippen LogP contribution >= 0.6 is 0 Å². The SMILES string of the molecule is CC1CN(S(C)(=O)=O)CCC1c1nc(-c2cn[nH]c2)c(N2CCCCC2)c2nc(N)nn12. The van der Waals surface area contributed by atoms with E-state index in [1.807, 2.05) is 6.20 Å². The summed E-state index contributed by atoms with van der Waals surface area (Å²) in [6.07, 6.45) is 8.97. The second kappa shape index (κ2) is 8.00. The minimum atomic E-state index is -3.23. The van der Waals surface area contributed by atoms with Gasteiger partial charge in [-0.2, -0.15) is 14.6 Å². The van der Waals surface area contributed by atoms with Crippen LogP contribution in [0.5, 0.6) is 0 Å². The first-order valence-electron chi connectivity index (χ1n) is 11.1. The van der Waals surface area contributed by atoms with E-state index in [9.17, 15) is 8.42 Å². The number of nitrogens with zero attached hydrogens (tertiary/aromatic N) is 7. The van der Waals surface area contributed by atoms with E-state index in [1.54, 1.807) is 15.0 Å². The fraction of sp³-hybridized carbons (Fsp3) is 0.600. The number of nitrogen functional groups attached to an aromatic ring is 1. The zero-order valence-corrected chi connectivity index (χ0v) is 19.2. The van der Waals surface area contributed by atoms with Gasteiger partial charge in [-0.3, -0.25) is 5.10 Å². The Bertz CT molecular complexity index is 1220. The van der Waals surface area contributed by atoms with Gasteiger partial charge in [-0.25, -0.2) is 17.7 Å². The van der Waals surface area contributed by atoms with Gasteiger partial charge in [-0.15, -0.1) is 5.10 Å². The maximum atomic E-state index is 12.1. The van der Waals surface area contributed by atoms with Crippen molar-refractivity contribution < 1.29 is 8.42 Å². The molecule has 12 heteroatoms. The summed E-state index contributed by atoms with van der Waals surface area (Å²) >= 11 is 0. The quantitative estimate of drug-likeness (QED) is 0.598. The lowest BCUT2D eigenvalue weighted by Crippen LogP contribution is -2.42. The van der Waals surface area contributed by atoms with Crippen molar-refractivity contribution >= 4 is 27.3 Å². The van der Waals surface area contributed by atoms with Gasteiger partial charge in [0.05, 0.1) is 12.5 Å². The number of H-pyrrole nitrogens is 1. The molecule has 3 N–H and O–H groups in total. The smallest absolute Gasteiger partial charge is 0.240 e. The third kappa shape index (κ3) is 3.71. The van der Waals surface area contributed by atoms with Crippen LogP contribution in [0.4, 0.5) is 11.6 Å². The Hall–Kier alpha value is -2.73. The molecule has 172 valence electrons. The summed E-state index contributed by atoms with van der Waals surface area (Å²) in [5.74, 6) is 1.06. The first-order chi connectivity index (χ1) is 15.3. The average Bonchev–Trinajstić information content (AvgIpc) is 3.42. The minimum Gasteiger partial charge on any atom is -0.367 e. The van der Waals surface area contributed by atoms with Gasteiger partial charge in [-0.1, -0.05) is 6.92 Å². The molecule has 0 saturated carbocycles. The Kier molecular flexibility index (Phi) is 5.28. The van der Waals surface area contributed by atoms with Crippen molar-refractivity contribution in [3.8, 4) is 11.3 Å². The summed E-state index contributed by atoms with van der Waals surface area (Å²) in [4.78, 5) is 12.1. The molecule has 5 heterocycles. The second-order valence-corrected chi connectivity index (χ2v) is 10.9. The van der Waals surface area contributed by atoms with E-state index >= 15 is 0 Å². The Balaban J connectivity index is 1.66. The molecule has 11 nitrogen and oxygen atoms in total. The number of piperidine rings is 2. The normalized spacial score (nSPS) is 23.1. The monoisotopic (exact) mass is 459 g/mol. The second-order valence-electron chi connectivity index (χ2n) is 8.90. The Morgan fingerprint density at radius 2 is 1.94 bits per heavy atom. The van der Waals surface area contributed by atoms with E-state index < -0.39 is 10.0 Å². The first-order valence-corrected chi connectivity index (χ1v) is 12.9. The molecule has 3 aromatic rings. The number of nitrogens with two attached hydrogens (primary N) is 1. The van der Waals surface area contributed by atoms with E-state index in [0.717, 1.165) is 48.7 Å². The van der Waals surface area contributed by atoms with Crippen LogP contribution in [-0.2, 0) is 10.0 Å². The van der Waals surface area contributed by atoms with Crippen LogP contribution in [0.15, 0.2) is 12.4 Å². The standard InChI is InChI=1S/C20H29N9O2S/c1-13-12-28(32(2,30)31)9-6-15(13)18-24-16(14-10-22-23-11-14)17(27-7-4-3-5-8-27)19-25-20(21)26-29(18)19/h10-11,13,15H,3-9,12H2,1-2H3,(H2,21,26)(H,22,23). The zero-order valence-electron chi connectivity index (χ0n) is 18.4. The van der Waals surface area contributed by atoms with Crippen molar-refractivity contribution in [2.45, 2.75) is 38.5 Å². The molecule has 2 unspecified atom stereocenters. The van der Waals surface area contributed by atoms with Crippen LogP contribution in [0.25, 0.3) is 16.9 Å². The van der Waals surface area contributed by atoms with Gasteiger partial charge in [0, 0.05) is 43.9 Å². The maximum Gasteiger partial charge on any atom is 0.240 e. The van der Waals surface area contributed by atoms with Crippen LogP contribution in [0, 0.1) is 5.92 Å². The van der Waals surface area contributed by atoms with Gasteiger partial charge < -0.3 is 10.6 Å².